The highest BCUT2D eigenvalue weighted by Crippen LogP contribution is 2.42. The van der Waals surface area contributed by atoms with Gasteiger partial charge >= 0.3 is 18.0 Å². The van der Waals surface area contributed by atoms with Crippen LogP contribution in [0.4, 0.5) is 4.79 Å². The van der Waals surface area contributed by atoms with Crippen molar-refractivity contribution in [3.05, 3.63) is 12.2 Å². The minimum Gasteiger partial charge on any atom is -0.481 e. The van der Waals surface area contributed by atoms with Crippen molar-refractivity contribution in [2.24, 2.45) is 11.8 Å². The lowest BCUT2D eigenvalue weighted by atomic mass is 9.81. The lowest BCUT2D eigenvalue weighted by Gasteiger charge is -2.30. The predicted molar refractivity (Wildman–Crippen MR) is 83.0 cm³/mol. The van der Waals surface area contributed by atoms with Crippen molar-refractivity contribution in [2.45, 2.75) is 58.7 Å². The Balaban J connectivity index is 3.27. The number of nitrogens with zero attached hydrogens (tertiary/aromatic N) is 1. The summed E-state index contributed by atoms with van der Waals surface area (Å²) >= 11 is 0. The number of carboxylic acid groups (broad SMARTS) is 2. The zero-order valence-electron chi connectivity index (χ0n) is 14.2. The number of carbonyl (C=O) groups is 3. The third-order valence-electron chi connectivity index (χ3n) is 3.96. The SMILES string of the molecule is C=C(C)[C@H]1[C@H](CC(=O)O)[C@@H](C(=O)O)N(C(=O)OC(C)(C)C)[C@@H]1C. The number of ether oxygens (including phenoxy) is 1. The van der Waals surface area contributed by atoms with Gasteiger partial charge in [0.2, 0.25) is 0 Å². The van der Waals surface area contributed by atoms with E-state index in [2.05, 4.69) is 6.58 Å². The zero-order chi connectivity index (χ0) is 18.1. The molecule has 1 fully saturated rings. The Morgan fingerprint density at radius 1 is 1.22 bits per heavy atom. The Bertz CT molecular complexity index is 521. The Morgan fingerprint density at radius 2 is 1.74 bits per heavy atom. The maximum Gasteiger partial charge on any atom is 0.411 e. The molecule has 0 aliphatic carbocycles. The summed E-state index contributed by atoms with van der Waals surface area (Å²) in [6.07, 6.45) is -1.10. The van der Waals surface area contributed by atoms with E-state index in [1.54, 1.807) is 34.6 Å². The van der Waals surface area contributed by atoms with Gasteiger partial charge in [0.1, 0.15) is 11.6 Å². The van der Waals surface area contributed by atoms with Gasteiger partial charge in [0, 0.05) is 17.9 Å². The molecule has 2 N–H and O–H groups in total. The molecule has 4 atom stereocenters. The first kappa shape index (κ1) is 19.0. The Hall–Kier alpha value is -2.05. The van der Waals surface area contributed by atoms with Gasteiger partial charge in [0.15, 0.2) is 0 Å². The molecule has 1 aliphatic rings. The first-order valence-corrected chi connectivity index (χ1v) is 7.48. The van der Waals surface area contributed by atoms with Crippen molar-refractivity contribution >= 4 is 18.0 Å². The second-order valence-electron chi connectivity index (χ2n) is 7.05. The maximum atomic E-state index is 12.4. The lowest BCUT2D eigenvalue weighted by molar-refractivity contribution is -0.145. The summed E-state index contributed by atoms with van der Waals surface area (Å²) in [6, 6.07) is -1.76. The van der Waals surface area contributed by atoms with Crippen molar-refractivity contribution in [3.63, 3.8) is 0 Å². The molecule has 0 aromatic carbocycles. The fourth-order valence-corrected chi connectivity index (χ4v) is 3.30. The molecular formula is C16H25NO6. The molecule has 1 heterocycles. The molecule has 0 unspecified atom stereocenters. The van der Waals surface area contributed by atoms with Crippen molar-refractivity contribution < 1.29 is 29.3 Å². The molecule has 0 aromatic rings. The van der Waals surface area contributed by atoms with Gasteiger partial charge in [-0.1, -0.05) is 12.2 Å². The minimum atomic E-state index is -1.25. The van der Waals surface area contributed by atoms with E-state index in [1.165, 1.54) is 0 Å². The van der Waals surface area contributed by atoms with Gasteiger partial charge in [-0.05, 0) is 34.6 Å². The normalized spacial score (nSPS) is 27.6. The quantitative estimate of drug-likeness (QED) is 0.768. The minimum absolute atomic E-state index is 0.349. The van der Waals surface area contributed by atoms with Crippen LogP contribution in [0.5, 0.6) is 0 Å². The average molecular weight is 327 g/mol. The molecule has 7 heteroatoms. The van der Waals surface area contributed by atoms with Gasteiger partial charge in [0.05, 0.1) is 6.42 Å². The third-order valence-corrected chi connectivity index (χ3v) is 3.96. The van der Waals surface area contributed by atoms with Crippen molar-refractivity contribution in [1.82, 2.24) is 4.90 Å². The number of carbonyl (C=O) groups excluding carboxylic acids is 1. The van der Waals surface area contributed by atoms with Crippen LogP contribution >= 0.6 is 0 Å². The molecule has 0 radical (unpaired) electrons. The van der Waals surface area contributed by atoms with E-state index < -0.39 is 47.6 Å². The number of hydrogen-bond donors (Lipinski definition) is 2. The standard InChI is InChI=1S/C16H25NO6/c1-8(2)12-9(3)17(15(22)23-16(4,5)6)13(14(20)21)10(12)7-11(18)19/h9-10,12-13H,1,7H2,2-6H3,(H,18,19)(H,20,21)/t9-,10+,12-,13+/m1/s1. The van der Waals surface area contributed by atoms with Crippen LogP contribution in [-0.4, -0.2) is 50.8 Å². The monoisotopic (exact) mass is 327 g/mol. The van der Waals surface area contributed by atoms with Crippen LogP contribution in [0.15, 0.2) is 12.2 Å². The van der Waals surface area contributed by atoms with Crippen LogP contribution in [0, 0.1) is 11.8 Å². The number of aliphatic carboxylic acids is 2. The summed E-state index contributed by atoms with van der Waals surface area (Å²) in [5.74, 6) is -3.51. The van der Waals surface area contributed by atoms with Gasteiger partial charge in [0.25, 0.3) is 0 Å². The van der Waals surface area contributed by atoms with Gasteiger partial charge in [-0.15, -0.1) is 0 Å². The third kappa shape index (κ3) is 4.24. The van der Waals surface area contributed by atoms with Gasteiger partial charge in [-0.2, -0.15) is 0 Å². The van der Waals surface area contributed by atoms with E-state index in [-0.39, 0.29) is 6.42 Å². The second kappa shape index (κ2) is 6.60. The van der Waals surface area contributed by atoms with E-state index in [0.717, 1.165) is 4.90 Å². The molecule has 1 amide bonds. The number of hydrogen-bond acceptors (Lipinski definition) is 4. The molecule has 130 valence electrons. The van der Waals surface area contributed by atoms with Crippen LogP contribution in [0.1, 0.15) is 41.0 Å². The summed E-state index contributed by atoms with van der Waals surface area (Å²) < 4.78 is 5.30. The number of rotatable bonds is 4. The molecule has 1 rings (SSSR count). The molecule has 7 nitrogen and oxygen atoms in total. The summed E-state index contributed by atoms with van der Waals surface area (Å²) in [4.78, 5) is 36.5. The molecule has 0 saturated carbocycles. The molecule has 0 aromatic heterocycles. The first-order chi connectivity index (χ1) is 10.4. The largest absolute Gasteiger partial charge is 0.481 e. The van der Waals surface area contributed by atoms with Gasteiger partial charge < -0.3 is 14.9 Å². The Kier molecular flexibility index (Phi) is 5.45. The Labute approximate surface area is 135 Å². The van der Waals surface area contributed by atoms with Crippen LogP contribution in [0.2, 0.25) is 0 Å². The fourth-order valence-electron chi connectivity index (χ4n) is 3.30. The van der Waals surface area contributed by atoms with E-state index in [1.807, 2.05) is 0 Å². The first-order valence-electron chi connectivity index (χ1n) is 7.48. The molecular weight excluding hydrogens is 302 g/mol. The molecule has 0 spiro atoms. The molecule has 0 bridgehead atoms. The number of likely N-dealkylation sites (tertiary alicyclic amines) is 1. The van der Waals surface area contributed by atoms with Crippen molar-refractivity contribution in [3.8, 4) is 0 Å². The second-order valence-corrected chi connectivity index (χ2v) is 7.05. The van der Waals surface area contributed by atoms with Crippen molar-refractivity contribution in [1.29, 1.82) is 0 Å². The summed E-state index contributed by atoms with van der Waals surface area (Å²) in [5, 5.41) is 18.7. The number of amides is 1. The lowest BCUT2D eigenvalue weighted by Crippen LogP contribution is -2.48. The van der Waals surface area contributed by atoms with Crippen LogP contribution in [-0.2, 0) is 14.3 Å². The highest BCUT2D eigenvalue weighted by atomic mass is 16.6. The zero-order valence-corrected chi connectivity index (χ0v) is 14.2. The van der Waals surface area contributed by atoms with E-state index in [4.69, 9.17) is 9.84 Å². The number of carboxylic acids is 2. The molecule has 1 aliphatic heterocycles. The summed E-state index contributed by atoms with van der Waals surface area (Å²) in [5.41, 5.74) is -0.121. The molecule has 23 heavy (non-hydrogen) atoms. The van der Waals surface area contributed by atoms with E-state index >= 15 is 0 Å². The van der Waals surface area contributed by atoms with Crippen molar-refractivity contribution in [2.75, 3.05) is 0 Å². The van der Waals surface area contributed by atoms with Gasteiger partial charge in [-0.3, -0.25) is 9.69 Å². The van der Waals surface area contributed by atoms with Crippen LogP contribution in [0.3, 0.4) is 0 Å². The average Bonchev–Trinajstić information content (AvgIpc) is 2.58. The van der Waals surface area contributed by atoms with E-state index in [0.29, 0.717) is 5.57 Å². The van der Waals surface area contributed by atoms with Crippen LogP contribution < -0.4 is 0 Å². The summed E-state index contributed by atoms with van der Waals surface area (Å²) in [6.45, 7) is 12.3. The van der Waals surface area contributed by atoms with Gasteiger partial charge in [-0.25, -0.2) is 9.59 Å². The predicted octanol–water partition coefficient (Wildman–Crippen LogP) is 2.36. The highest BCUT2D eigenvalue weighted by Gasteiger charge is 2.54. The maximum absolute atomic E-state index is 12.4. The summed E-state index contributed by atoms with van der Waals surface area (Å²) in [7, 11) is 0. The van der Waals surface area contributed by atoms with Crippen LogP contribution in [0.25, 0.3) is 0 Å². The topological polar surface area (TPSA) is 104 Å². The molecule has 1 saturated heterocycles. The highest BCUT2D eigenvalue weighted by molar-refractivity contribution is 5.83. The Morgan fingerprint density at radius 3 is 2.09 bits per heavy atom. The van der Waals surface area contributed by atoms with E-state index in [9.17, 15) is 19.5 Å². The fraction of sp³-hybridized carbons (Fsp3) is 0.688. The smallest absolute Gasteiger partial charge is 0.411 e.